The van der Waals surface area contributed by atoms with E-state index < -0.39 is 0 Å². The van der Waals surface area contributed by atoms with E-state index >= 15 is 0 Å². The van der Waals surface area contributed by atoms with Crippen LogP contribution in [0.3, 0.4) is 0 Å². The molecule has 2 aromatic heterocycles. The first-order valence-electron chi connectivity index (χ1n) is 8.46. The van der Waals surface area contributed by atoms with Gasteiger partial charge < -0.3 is 19.5 Å². The van der Waals surface area contributed by atoms with Crippen molar-refractivity contribution in [3.63, 3.8) is 0 Å². The molecule has 0 saturated carbocycles. The van der Waals surface area contributed by atoms with Crippen LogP contribution in [0.4, 0.5) is 5.82 Å². The number of H-pyrrole nitrogens is 1. The van der Waals surface area contributed by atoms with Gasteiger partial charge in [-0.25, -0.2) is 9.97 Å². The second-order valence-electron chi connectivity index (χ2n) is 6.22. The van der Waals surface area contributed by atoms with Gasteiger partial charge >= 0.3 is 0 Å². The summed E-state index contributed by atoms with van der Waals surface area (Å²) in [4.78, 5) is 8.84. The number of aromatic nitrogens is 4. The van der Waals surface area contributed by atoms with E-state index in [1.807, 2.05) is 12.3 Å². The quantitative estimate of drug-likeness (QED) is 0.725. The standard InChI is InChI=1S/C18H21N5O3/c1-24-14-7-12-15(17(26-3)16(14)25-2)19-9-20-18(12)22-11-5-4-10-8-21-23-13(10)6-11/h7-9,11H,4-6H2,1-3H3,(H,21,23)(H,19,20,22). The molecule has 1 unspecified atom stereocenters. The molecule has 1 aliphatic rings. The highest BCUT2D eigenvalue weighted by atomic mass is 16.5. The molecule has 0 radical (unpaired) electrons. The normalized spacial score (nSPS) is 16.2. The number of rotatable bonds is 5. The van der Waals surface area contributed by atoms with Crippen LogP contribution >= 0.6 is 0 Å². The summed E-state index contributed by atoms with van der Waals surface area (Å²) in [6, 6.07) is 2.14. The van der Waals surface area contributed by atoms with E-state index in [-0.39, 0.29) is 6.04 Å². The van der Waals surface area contributed by atoms with Crippen LogP contribution in [-0.4, -0.2) is 47.5 Å². The van der Waals surface area contributed by atoms with Gasteiger partial charge in [-0.2, -0.15) is 5.10 Å². The fourth-order valence-corrected chi connectivity index (χ4v) is 3.50. The topological polar surface area (TPSA) is 94.2 Å². The summed E-state index contributed by atoms with van der Waals surface area (Å²) in [7, 11) is 4.77. The van der Waals surface area contributed by atoms with Gasteiger partial charge in [-0.05, 0) is 24.5 Å². The lowest BCUT2D eigenvalue weighted by Crippen LogP contribution is -2.27. The zero-order chi connectivity index (χ0) is 18.1. The second-order valence-corrected chi connectivity index (χ2v) is 6.22. The van der Waals surface area contributed by atoms with Gasteiger partial charge in [-0.15, -0.1) is 0 Å². The highest BCUT2D eigenvalue weighted by molar-refractivity contribution is 5.96. The molecule has 8 heteroatoms. The van der Waals surface area contributed by atoms with Crippen molar-refractivity contribution in [1.29, 1.82) is 0 Å². The van der Waals surface area contributed by atoms with Crippen LogP contribution in [-0.2, 0) is 12.8 Å². The molecule has 0 bridgehead atoms. The minimum atomic E-state index is 0.264. The van der Waals surface area contributed by atoms with Gasteiger partial charge in [0.2, 0.25) is 5.75 Å². The molecule has 0 fully saturated rings. The van der Waals surface area contributed by atoms with Gasteiger partial charge in [0.05, 0.1) is 32.9 Å². The number of anilines is 1. The number of aryl methyl sites for hydroxylation is 1. The van der Waals surface area contributed by atoms with Crippen LogP contribution in [0.15, 0.2) is 18.6 Å². The first-order chi connectivity index (χ1) is 12.7. The first kappa shape index (κ1) is 16.4. The third-order valence-corrected chi connectivity index (χ3v) is 4.79. The molecule has 2 N–H and O–H groups in total. The predicted molar refractivity (Wildman–Crippen MR) is 97.2 cm³/mol. The number of hydrogen-bond donors (Lipinski definition) is 2. The molecule has 8 nitrogen and oxygen atoms in total. The SMILES string of the molecule is COc1cc2c(NC3CCc4cn[nH]c4C3)ncnc2c(OC)c1OC. The van der Waals surface area contributed by atoms with Crippen molar-refractivity contribution >= 4 is 16.7 Å². The van der Waals surface area contributed by atoms with Crippen molar-refractivity contribution in [3.05, 3.63) is 29.8 Å². The van der Waals surface area contributed by atoms with Crippen molar-refractivity contribution in [2.24, 2.45) is 0 Å². The number of hydrogen-bond acceptors (Lipinski definition) is 7. The summed E-state index contributed by atoms with van der Waals surface area (Å²) < 4.78 is 16.4. The summed E-state index contributed by atoms with van der Waals surface area (Å²) in [5, 5.41) is 11.6. The van der Waals surface area contributed by atoms with Crippen LogP contribution in [0, 0.1) is 0 Å². The average Bonchev–Trinajstić information content (AvgIpc) is 3.14. The Bertz CT molecular complexity index is 940. The van der Waals surface area contributed by atoms with Gasteiger partial charge in [-0.3, -0.25) is 5.10 Å². The molecular weight excluding hydrogens is 334 g/mol. The zero-order valence-corrected chi connectivity index (χ0v) is 15.0. The maximum Gasteiger partial charge on any atom is 0.205 e. The van der Waals surface area contributed by atoms with Crippen LogP contribution in [0.5, 0.6) is 17.2 Å². The number of nitrogens with one attached hydrogen (secondary N) is 2. The van der Waals surface area contributed by atoms with Crippen LogP contribution in [0.2, 0.25) is 0 Å². The number of fused-ring (bicyclic) bond motifs is 2. The summed E-state index contributed by atoms with van der Waals surface area (Å²) in [6.07, 6.45) is 6.33. The minimum Gasteiger partial charge on any atom is -0.493 e. The van der Waals surface area contributed by atoms with Gasteiger partial charge in [0.1, 0.15) is 17.7 Å². The molecule has 1 atom stereocenters. The Hall–Kier alpha value is -3.03. The second kappa shape index (κ2) is 6.70. The lowest BCUT2D eigenvalue weighted by atomic mass is 9.93. The monoisotopic (exact) mass is 355 g/mol. The summed E-state index contributed by atoms with van der Waals surface area (Å²) in [5.74, 6) is 2.38. The van der Waals surface area contributed by atoms with E-state index in [0.29, 0.717) is 22.8 Å². The van der Waals surface area contributed by atoms with Crippen LogP contribution in [0.25, 0.3) is 10.9 Å². The van der Waals surface area contributed by atoms with Crippen LogP contribution in [0.1, 0.15) is 17.7 Å². The lowest BCUT2D eigenvalue weighted by Gasteiger charge is -2.24. The number of benzene rings is 1. The van der Waals surface area contributed by atoms with Crippen molar-refractivity contribution < 1.29 is 14.2 Å². The molecule has 136 valence electrons. The van der Waals surface area contributed by atoms with E-state index in [1.165, 1.54) is 17.6 Å². The number of nitrogens with zero attached hydrogens (tertiary/aromatic N) is 3. The Balaban J connectivity index is 1.74. The molecule has 4 rings (SSSR count). The molecule has 0 aliphatic heterocycles. The molecule has 1 aromatic carbocycles. The smallest absolute Gasteiger partial charge is 0.205 e. The number of aromatic amines is 1. The van der Waals surface area contributed by atoms with Crippen molar-refractivity contribution in [2.75, 3.05) is 26.6 Å². The molecule has 0 spiro atoms. The summed E-state index contributed by atoms with van der Waals surface area (Å²) >= 11 is 0. The molecular formula is C18H21N5O3. The van der Waals surface area contributed by atoms with Gasteiger partial charge in [0, 0.05) is 18.2 Å². The van der Waals surface area contributed by atoms with Crippen molar-refractivity contribution in [3.8, 4) is 17.2 Å². The Labute approximate surface area is 150 Å². The van der Waals surface area contributed by atoms with Gasteiger partial charge in [0.15, 0.2) is 11.5 Å². The lowest BCUT2D eigenvalue weighted by molar-refractivity contribution is 0.327. The Kier molecular flexibility index (Phi) is 4.24. The number of ether oxygens (including phenoxy) is 3. The highest BCUT2D eigenvalue weighted by Gasteiger charge is 2.23. The van der Waals surface area contributed by atoms with Gasteiger partial charge in [0.25, 0.3) is 0 Å². The third kappa shape index (κ3) is 2.67. The van der Waals surface area contributed by atoms with E-state index in [2.05, 4.69) is 25.5 Å². The molecule has 0 saturated heterocycles. The Morgan fingerprint density at radius 2 is 1.96 bits per heavy atom. The molecule has 3 aromatic rings. The predicted octanol–water partition coefficient (Wildman–Crippen LogP) is 2.35. The molecule has 0 amide bonds. The maximum atomic E-state index is 5.54. The molecule has 2 heterocycles. The van der Waals surface area contributed by atoms with Crippen molar-refractivity contribution in [2.45, 2.75) is 25.3 Å². The van der Waals surface area contributed by atoms with E-state index in [9.17, 15) is 0 Å². The Morgan fingerprint density at radius 3 is 2.73 bits per heavy atom. The fraction of sp³-hybridized carbons (Fsp3) is 0.389. The minimum absolute atomic E-state index is 0.264. The summed E-state index contributed by atoms with van der Waals surface area (Å²) in [6.45, 7) is 0. The first-order valence-corrected chi connectivity index (χ1v) is 8.46. The largest absolute Gasteiger partial charge is 0.493 e. The van der Waals surface area contributed by atoms with E-state index in [4.69, 9.17) is 14.2 Å². The average molecular weight is 355 g/mol. The zero-order valence-electron chi connectivity index (χ0n) is 15.0. The van der Waals surface area contributed by atoms with E-state index in [0.717, 1.165) is 30.5 Å². The molecule has 1 aliphatic carbocycles. The fourth-order valence-electron chi connectivity index (χ4n) is 3.50. The highest BCUT2D eigenvalue weighted by Crippen LogP contribution is 2.44. The maximum absolute atomic E-state index is 5.54. The van der Waals surface area contributed by atoms with E-state index in [1.54, 1.807) is 21.3 Å². The van der Waals surface area contributed by atoms with Crippen LogP contribution < -0.4 is 19.5 Å². The van der Waals surface area contributed by atoms with Gasteiger partial charge in [-0.1, -0.05) is 0 Å². The van der Waals surface area contributed by atoms with Crippen molar-refractivity contribution in [1.82, 2.24) is 20.2 Å². The molecule has 26 heavy (non-hydrogen) atoms. The Morgan fingerprint density at radius 1 is 1.12 bits per heavy atom. The third-order valence-electron chi connectivity index (χ3n) is 4.79. The summed E-state index contributed by atoms with van der Waals surface area (Å²) in [5.41, 5.74) is 3.16. The number of methoxy groups -OCH3 is 3.